The molecule has 60 heavy (non-hydrogen) atoms. The lowest BCUT2D eigenvalue weighted by molar-refractivity contribution is -0.383. The number of fused-ring (bicyclic) bond motifs is 1. The first kappa shape index (κ1) is 44.0. The van der Waals surface area contributed by atoms with Crippen LogP contribution in [-0.4, -0.2) is 69.5 Å². The topological polar surface area (TPSA) is 224 Å². The van der Waals surface area contributed by atoms with Gasteiger partial charge in [-0.15, -0.1) is 0 Å². The molecule has 1 aliphatic rings. The number of aromatic nitrogens is 4. The van der Waals surface area contributed by atoms with Crippen molar-refractivity contribution in [2.24, 2.45) is 0 Å². The predicted molar refractivity (Wildman–Crippen MR) is 231 cm³/mol. The minimum Gasteiger partial charge on any atom is -0.465 e. The van der Waals surface area contributed by atoms with E-state index in [1.54, 1.807) is 50.2 Å². The van der Waals surface area contributed by atoms with E-state index in [4.69, 9.17) is 43.2 Å². The number of hydrogen-bond acceptors (Lipinski definition) is 15. The van der Waals surface area contributed by atoms with Crippen molar-refractivity contribution in [1.29, 1.82) is 0 Å². The van der Waals surface area contributed by atoms with Crippen molar-refractivity contribution < 1.29 is 33.1 Å². The van der Waals surface area contributed by atoms with Crippen LogP contribution in [0.25, 0.3) is 9.69 Å². The summed E-state index contributed by atoms with van der Waals surface area (Å²) in [6.45, 7) is 24.6. The molecular formula is C42H55N11O7. The Balaban J connectivity index is 0.000000406. The van der Waals surface area contributed by atoms with E-state index >= 15 is 0 Å². The van der Waals surface area contributed by atoms with Crippen LogP contribution in [0.15, 0.2) is 48.5 Å². The van der Waals surface area contributed by atoms with Gasteiger partial charge in [-0.1, -0.05) is 82.6 Å². The molecule has 2 aromatic carbocycles. The highest BCUT2D eigenvalue weighted by Crippen LogP contribution is 2.38. The lowest BCUT2D eigenvalue weighted by Crippen LogP contribution is -2.39. The van der Waals surface area contributed by atoms with Crippen molar-refractivity contribution in [1.82, 2.24) is 19.9 Å². The second kappa shape index (κ2) is 22.8. The van der Waals surface area contributed by atoms with E-state index in [1.807, 2.05) is 30.9 Å². The van der Waals surface area contributed by atoms with Gasteiger partial charge in [0.15, 0.2) is 17.2 Å². The number of nitrogen functional groups attached to an aromatic ring is 2. The van der Waals surface area contributed by atoms with Crippen LogP contribution < -0.4 is 30.7 Å². The van der Waals surface area contributed by atoms with Crippen LogP contribution in [-0.2, 0) is 20.7 Å². The van der Waals surface area contributed by atoms with Gasteiger partial charge in [-0.25, -0.2) is 9.69 Å². The van der Waals surface area contributed by atoms with E-state index < -0.39 is 22.6 Å². The average molecular weight is 829 g/mol. The number of unbranched alkanes of at least 4 members (excludes halogenated alkanes) is 2. The molecule has 0 saturated heterocycles. The number of ketones is 1. The predicted octanol–water partition coefficient (Wildman–Crippen LogP) is 8.19. The van der Waals surface area contributed by atoms with E-state index in [9.17, 15) is 19.7 Å². The summed E-state index contributed by atoms with van der Waals surface area (Å²) >= 11 is 0. The third-order valence-corrected chi connectivity index (χ3v) is 9.32. The van der Waals surface area contributed by atoms with Crippen LogP contribution >= 0.6 is 0 Å². The summed E-state index contributed by atoms with van der Waals surface area (Å²) in [5, 5.41) is 11.8. The molecule has 2 atom stereocenters. The fraction of sp³-hybridized carbons (Fsp3) is 0.429. The highest BCUT2D eigenvalue weighted by molar-refractivity contribution is 5.91. The number of carbonyl (C=O) groups excluding carboxylic acids is 2. The van der Waals surface area contributed by atoms with Gasteiger partial charge in [-0.3, -0.25) is 19.7 Å². The summed E-state index contributed by atoms with van der Waals surface area (Å²) < 4.78 is 32.0. The first-order chi connectivity index (χ1) is 30.3. The quantitative estimate of drug-likeness (QED) is 0.0336. The maximum Gasteiger partial charge on any atom is 0.353 e. The summed E-state index contributed by atoms with van der Waals surface area (Å²) in [5.41, 5.74) is 14.8. The molecule has 2 aromatic heterocycles. The summed E-state index contributed by atoms with van der Waals surface area (Å²) in [4.78, 5) is 62.8. The minimum absolute atomic E-state index is 0.0714. The van der Waals surface area contributed by atoms with Gasteiger partial charge in [0.2, 0.25) is 11.6 Å². The van der Waals surface area contributed by atoms with Crippen molar-refractivity contribution in [3.63, 3.8) is 0 Å². The van der Waals surface area contributed by atoms with Crippen molar-refractivity contribution in [2.75, 3.05) is 54.2 Å². The Labute approximate surface area is 355 Å². The number of hydrogen-bond donors (Lipinski definition) is 2. The van der Waals surface area contributed by atoms with Gasteiger partial charge in [-0.05, 0) is 44.7 Å². The number of benzene rings is 2. The van der Waals surface area contributed by atoms with Crippen LogP contribution in [0.5, 0.6) is 12.0 Å². The van der Waals surface area contributed by atoms with Gasteiger partial charge < -0.3 is 35.5 Å². The molecule has 0 fully saturated rings. The van der Waals surface area contributed by atoms with Gasteiger partial charge in [-0.2, -0.15) is 19.9 Å². The molecule has 3 heterocycles. The smallest absolute Gasteiger partial charge is 0.353 e. The summed E-state index contributed by atoms with van der Waals surface area (Å²) in [6.07, 6.45) is 3.77. The second-order valence-electron chi connectivity index (χ2n) is 13.5. The summed E-state index contributed by atoms with van der Waals surface area (Å²) in [7, 11) is 1.25. The molecule has 0 aliphatic carbocycles. The number of nitrogens with two attached hydrogens (primary N) is 2. The lowest BCUT2D eigenvalue weighted by Gasteiger charge is -2.35. The number of carbonyl (C=O) groups is 2. The zero-order chi connectivity index (χ0) is 47.1. The number of nitrogens with zero attached hydrogens (tertiary/aromatic N) is 9. The van der Waals surface area contributed by atoms with E-state index in [1.165, 1.54) is 12.3 Å². The fourth-order valence-electron chi connectivity index (χ4n) is 6.03. The zero-order valence-corrected chi connectivity index (χ0v) is 34.9. The fourth-order valence-corrected chi connectivity index (χ4v) is 6.03. The third kappa shape index (κ3) is 12.2. The summed E-state index contributed by atoms with van der Waals surface area (Å²) in [5.74, 6) is -0.0886. The molecule has 18 nitrogen and oxygen atoms in total. The Bertz CT molecular complexity index is 2190. The number of anilines is 4. The number of esters is 1. The Hall–Kier alpha value is -7.08. The number of Topliss-reactive ketones (excluding diaryl/α,β-unsaturated/α-hetero) is 1. The molecule has 320 valence electrons. The SMILES string of the molecule is [2H]C.[2H][2H].[C-]#[N+]c1ccc(C(C)N(CC(=O)OCC)c2nc(OCCCC)nc(N)c2[N+](=O)[O-])cc1.[C-]#[N+]c1ccc(C(C)N2CC(=O)Cc3c(N)nc(OCCCC)nc32)cc1. The van der Waals surface area contributed by atoms with E-state index in [0.717, 1.165) is 31.2 Å². The number of rotatable bonds is 17. The molecule has 0 spiro atoms. The highest BCUT2D eigenvalue weighted by Gasteiger charge is 2.33. The molecule has 5 rings (SSSR count). The minimum atomic E-state index is -0.687. The van der Waals surface area contributed by atoms with Crippen LogP contribution in [0.4, 0.5) is 40.3 Å². The summed E-state index contributed by atoms with van der Waals surface area (Å²) in [6, 6.07) is 13.5. The molecular weight excluding hydrogens is 771 g/mol. The van der Waals surface area contributed by atoms with Crippen molar-refractivity contribution >= 4 is 52.1 Å². The van der Waals surface area contributed by atoms with E-state index in [-0.39, 0.29) is 61.6 Å². The van der Waals surface area contributed by atoms with Crippen LogP contribution in [0.3, 0.4) is 0 Å². The third-order valence-electron chi connectivity index (χ3n) is 9.32. The largest absolute Gasteiger partial charge is 0.465 e. The number of ether oxygens (including phenoxy) is 3. The van der Waals surface area contributed by atoms with Gasteiger partial charge in [0.25, 0.3) is 0 Å². The van der Waals surface area contributed by atoms with Gasteiger partial charge in [0, 0.05) is 16.3 Å². The van der Waals surface area contributed by atoms with Crippen LogP contribution in [0.2, 0.25) is 0 Å². The second-order valence-corrected chi connectivity index (χ2v) is 13.5. The van der Waals surface area contributed by atoms with E-state index in [2.05, 4.69) is 36.5 Å². The molecule has 0 saturated carbocycles. The first-order valence-corrected chi connectivity index (χ1v) is 19.2. The molecule has 0 amide bonds. The molecule has 0 radical (unpaired) electrons. The van der Waals surface area contributed by atoms with Gasteiger partial charge in [0.05, 0.1) is 56.5 Å². The van der Waals surface area contributed by atoms with Gasteiger partial charge >= 0.3 is 23.7 Å². The van der Waals surface area contributed by atoms with Crippen LogP contribution in [0, 0.1) is 23.3 Å². The van der Waals surface area contributed by atoms with Crippen molar-refractivity contribution in [3.8, 4) is 12.0 Å². The monoisotopic (exact) mass is 828 g/mol. The van der Waals surface area contributed by atoms with Gasteiger partial charge in [0.1, 0.15) is 18.2 Å². The average Bonchev–Trinajstić information content (AvgIpc) is 3.29. The van der Waals surface area contributed by atoms with Crippen LogP contribution in [0.1, 0.15) is 101 Å². The molecule has 4 aromatic rings. The van der Waals surface area contributed by atoms with Crippen molar-refractivity contribution in [3.05, 3.63) is 98.2 Å². The molecule has 18 heteroatoms. The maximum absolute atomic E-state index is 12.3. The normalized spacial score (nSPS) is 12.8. The Morgan fingerprint density at radius 3 is 2.00 bits per heavy atom. The first-order valence-electron chi connectivity index (χ1n) is 21.2. The van der Waals surface area contributed by atoms with Crippen molar-refractivity contribution in [2.45, 2.75) is 86.2 Å². The molecule has 0 bridgehead atoms. The highest BCUT2D eigenvalue weighted by atomic mass is 16.6. The number of nitro groups is 1. The maximum atomic E-state index is 12.3. The van der Waals surface area contributed by atoms with E-state index in [0.29, 0.717) is 47.4 Å². The lowest BCUT2D eigenvalue weighted by atomic mass is 10.00. The Morgan fingerprint density at radius 2 is 1.48 bits per heavy atom. The molecule has 4 N–H and O–H groups in total. The molecule has 2 unspecified atom stereocenters. The Kier molecular flexibility index (Phi) is 16.7. The standard InChI is InChI=1S/C21H26N6O5.C20H23N5O2.CH4.H2/c1-5-7-12-32-21-24-19(22)18(27(29)30)20(25-21)26(13-17(28)31-6-2)14(3)15-8-10-16(23-4)11-9-15;1-4-5-10-27-20-23-18(21)17-11-16(26)12-25(19(17)24-20)13(2)14-6-8-15(22-3)9-7-14;;/h8-11,14H,5-7,12-13H2,1-3H3,(H2,22,24,25);6-9,13H,4-5,10-12H2,1-2H3,(H2,21,23,24);1H4;1H/i;;1D;1+1D. The zero-order valence-electron chi connectivity index (χ0n) is 37.9. The molecule has 1 aliphatic heterocycles. The Morgan fingerprint density at radius 1 is 0.950 bits per heavy atom.